The van der Waals surface area contributed by atoms with Gasteiger partial charge in [0.25, 0.3) is 5.91 Å². The average Bonchev–Trinajstić information content (AvgIpc) is 3.06. The van der Waals surface area contributed by atoms with E-state index in [4.69, 9.17) is 4.74 Å². The van der Waals surface area contributed by atoms with E-state index in [-0.39, 0.29) is 48.8 Å². The highest BCUT2D eigenvalue weighted by atomic mass is 16.5. The third-order valence-corrected chi connectivity index (χ3v) is 5.42. The third-order valence-electron chi connectivity index (χ3n) is 5.42. The Kier molecular flexibility index (Phi) is 6.44. The van der Waals surface area contributed by atoms with Crippen LogP contribution in [0.1, 0.15) is 62.2 Å². The van der Waals surface area contributed by atoms with Crippen LogP contribution in [0.15, 0.2) is 24.3 Å². The zero-order valence-electron chi connectivity index (χ0n) is 16.2. The van der Waals surface area contributed by atoms with Crippen molar-refractivity contribution < 1.29 is 23.9 Å². The van der Waals surface area contributed by atoms with Crippen LogP contribution in [-0.4, -0.2) is 47.8 Å². The van der Waals surface area contributed by atoms with Gasteiger partial charge in [-0.05, 0) is 44.0 Å². The van der Waals surface area contributed by atoms with E-state index in [1.807, 2.05) is 6.92 Å². The Morgan fingerprint density at radius 3 is 2.21 bits per heavy atom. The molecule has 1 aromatic rings. The summed E-state index contributed by atoms with van der Waals surface area (Å²) in [5.41, 5.74) is 0.714. The number of benzene rings is 1. The van der Waals surface area contributed by atoms with E-state index < -0.39 is 5.97 Å². The van der Waals surface area contributed by atoms with Gasteiger partial charge < -0.3 is 9.64 Å². The lowest BCUT2D eigenvalue weighted by molar-refractivity contribution is -0.137. The summed E-state index contributed by atoms with van der Waals surface area (Å²) in [4.78, 5) is 51.2. The second kappa shape index (κ2) is 8.99. The zero-order valence-corrected chi connectivity index (χ0v) is 16.2. The number of esters is 1. The smallest absolute Gasteiger partial charge is 0.338 e. The van der Waals surface area contributed by atoms with E-state index in [0.29, 0.717) is 12.2 Å². The first kappa shape index (κ1) is 20.0. The van der Waals surface area contributed by atoms with E-state index in [1.54, 1.807) is 17.0 Å². The van der Waals surface area contributed by atoms with Crippen LogP contribution < -0.4 is 4.90 Å². The molecule has 150 valence electrons. The van der Waals surface area contributed by atoms with Gasteiger partial charge in [0.2, 0.25) is 11.8 Å². The van der Waals surface area contributed by atoms with Gasteiger partial charge in [-0.1, -0.05) is 19.3 Å². The lowest BCUT2D eigenvalue weighted by atomic mass is 9.94. The maximum absolute atomic E-state index is 12.5. The molecule has 0 atom stereocenters. The predicted octanol–water partition coefficient (Wildman–Crippen LogP) is 2.68. The Labute approximate surface area is 164 Å². The summed E-state index contributed by atoms with van der Waals surface area (Å²) in [5, 5.41) is 0. The van der Waals surface area contributed by atoms with Crippen molar-refractivity contribution >= 4 is 29.4 Å². The molecular formula is C21H26N2O5. The Bertz CT molecular complexity index is 737. The fourth-order valence-electron chi connectivity index (χ4n) is 3.94. The Morgan fingerprint density at radius 2 is 1.64 bits per heavy atom. The summed E-state index contributed by atoms with van der Waals surface area (Å²) in [6.07, 6.45) is 5.89. The highest BCUT2D eigenvalue weighted by Crippen LogP contribution is 2.24. The van der Waals surface area contributed by atoms with Crippen LogP contribution in [0.3, 0.4) is 0 Å². The van der Waals surface area contributed by atoms with Crippen molar-refractivity contribution in [2.75, 3.05) is 18.1 Å². The number of nitrogens with zero attached hydrogens (tertiary/aromatic N) is 2. The Balaban J connectivity index is 1.56. The molecule has 3 amide bonds. The molecule has 1 heterocycles. The number of imide groups is 1. The molecule has 0 aromatic heterocycles. The van der Waals surface area contributed by atoms with Crippen molar-refractivity contribution in [3.8, 4) is 0 Å². The number of hydrogen-bond acceptors (Lipinski definition) is 5. The Hall–Kier alpha value is -2.70. The van der Waals surface area contributed by atoms with Crippen LogP contribution >= 0.6 is 0 Å². The van der Waals surface area contributed by atoms with Crippen molar-refractivity contribution in [1.82, 2.24) is 4.90 Å². The SMILES string of the molecule is CCN(C(=O)COC(=O)c1ccc(N2C(=O)CCC2=O)cc1)C1CCCCC1. The van der Waals surface area contributed by atoms with Crippen molar-refractivity contribution in [3.63, 3.8) is 0 Å². The molecule has 1 aliphatic carbocycles. The van der Waals surface area contributed by atoms with Crippen LogP contribution in [0.4, 0.5) is 5.69 Å². The summed E-state index contributed by atoms with van der Waals surface area (Å²) >= 11 is 0. The molecule has 0 bridgehead atoms. The Morgan fingerprint density at radius 1 is 1.04 bits per heavy atom. The normalized spacial score (nSPS) is 17.7. The van der Waals surface area contributed by atoms with E-state index in [1.165, 1.54) is 18.6 Å². The summed E-state index contributed by atoms with van der Waals surface area (Å²) in [6, 6.07) is 6.32. The fraction of sp³-hybridized carbons (Fsp3) is 0.524. The quantitative estimate of drug-likeness (QED) is 0.554. The first-order valence-corrected chi connectivity index (χ1v) is 9.93. The van der Waals surface area contributed by atoms with E-state index >= 15 is 0 Å². The molecule has 7 heteroatoms. The minimum absolute atomic E-state index is 0.173. The number of ether oxygens (including phenoxy) is 1. The number of rotatable bonds is 6. The van der Waals surface area contributed by atoms with Crippen molar-refractivity contribution in [1.29, 1.82) is 0 Å². The molecule has 3 rings (SSSR count). The van der Waals surface area contributed by atoms with E-state index in [9.17, 15) is 19.2 Å². The van der Waals surface area contributed by atoms with Crippen LogP contribution in [0.25, 0.3) is 0 Å². The van der Waals surface area contributed by atoms with E-state index in [2.05, 4.69) is 0 Å². The first-order valence-electron chi connectivity index (χ1n) is 9.93. The van der Waals surface area contributed by atoms with Gasteiger partial charge in [0.1, 0.15) is 0 Å². The van der Waals surface area contributed by atoms with Gasteiger partial charge in [-0.3, -0.25) is 19.3 Å². The first-order chi connectivity index (χ1) is 13.5. The molecule has 2 fully saturated rings. The van der Waals surface area contributed by atoms with Gasteiger partial charge >= 0.3 is 5.97 Å². The molecule has 0 N–H and O–H groups in total. The molecule has 0 spiro atoms. The summed E-state index contributed by atoms with van der Waals surface area (Å²) in [6.45, 7) is 2.26. The van der Waals surface area contributed by atoms with Gasteiger partial charge in [-0.15, -0.1) is 0 Å². The fourth-order valence-corrected chi connectivity index (χ4v) is 3.94. The van der Waals surface area contributed by atoms with Gasteiger partial charge in [0.15, 0.2) is 6.61 Å². The molecular weight excluding hydrogens is 360 g/mol. The molecule has 1 saturated carbocycles. The second-order valence-corrected chi connectivity index (χ2v) is 7.22. The highest BCUT2D eigenvalue weighted by molar-refractivity contribution is 6.19. The number of anilines is 1. The van der Waals surface area contributed by atoms with Crippen molar-refractivity contribution in [2.24, 2.45) is 0 Å². The van der Waals surface area contributed by atoms with E-state index in [0.717, 1.165) is 30.6 Å². The van der Waals surface area contributed by atoms with Crippen LogP contribution in [0.5, 0.6) is 0 Å². The number of amides is 3. The second-order valence-electron chi connectivity index (χ2n) is 7.22. The van der Waals surface area contributed by atoms with Gasteiger partial charge in [-0.25, -0.2) is 4.79 Å². The molecule has 1 aromatic carbocycles. The van der Waals surface area contributed by atoms with Gasteiger partial charge in [0, 0.05) is 25.4 Å². The number of hydrogen-bond donors (Lipinski definition) is 0. The largest absolute Gasteiger partial charge is 0.452 e. The minimum atomic E-state index is -0.598. The molecule has 28 heavy (non-hydrogen) atoms. The van der Waals surface area contributed by atoms with Crippen LogP contribution in [0.2, 0.25) is 0 Å². The summed E-state index contributed by atoms with van der Waals surface area (Å²) in [5.74, 6) is -1.26. The van der Waals surface area contributed by atoms with Gasteiger partial charge in [0.05, 0.1) is 11.3 Å². The highest BCUT2D eigenvalue weighted by Gasteiger charge is 2.30. The molecule has 0 unspecified atom stereocenters. The third kappa shape index (κ3) is 4.40. The standard InChI is InChI=1S/C21H26N2O5/c1-2-22(16-6-4-3-5-7-16)20(26)14-28-21(27)15-8-10-17(11-9-15)23-18(24)12-13-19(23)25/h8-11,16H,2-7,12-14H2,1H3. The molecule has 7 nitrogen and oxygen atoms in total. The molecule has 0 radical (unpaired) electrons. The molecule has 2 aliphatic rings. The summed E-state index contributed by atoms with van der Waals surface area (Å²) < 4.78 is 5.19. The average molecular weight is 386 g/mol. The number of carbonyl (C=O) groups excluding carboxylic acids is 4. The zero-order chi connectivity index (χ0) is 20.1. The van der Waals surface area contributed by atoms with Crippen molar-refractivity contribution in [3.05, 3.63) is 29.8 Å². The lowest BCUT2D eigenvalue weighted by Crippen LogP contribution is -2.43. The van der Waals surface area contributed by atoms with Crippen LogP contribution in [-0.2, 0) is 19.1 Å². The van der Waals surface area contributed by atoms with Gasteiger partial charge in [-0.2, -0.15) is 0 Å². The minimum Gasteiger partial charge on any atom is -0.452 e. The monoisotopic (exact) mass is 386 g/mol. The maximum Gasteiger partial charge on any atom is 0.338 e. The van der Waals surface area contributed by atoms with Crippen molar-refractivity contribution in [2.45, 2.75) is 57.9 Å². The number of carbonyl (C=O) groups is 4. The topological polar surface area (TPSA) is 84.0 Å². The lowest BCUT2D eigenvalue weighted by Gasteiger charge is -2.33. The summed E-state index contributed by atoms with van der Waals surface area (Å²) in [7, 11) is 0. The number of likely N-dealkylation sites (N-methyl/N-ethyl adjacent to an activating group) is 1. The molecule has 1 saturated heterocycles. The maximum atomic E-state index is 12.5. The predicted molar refractivity (Wildman–Crippen MR) is 103 cm³/mol. The molecule has 1 aliphatic heterocycles. The van der Waals surface area contributed by atoms with Crippen LogP contribution in [0, 0.1) is 0 Å².